The van der Waals surface area contributed by atoms with Gasteiger partial charge in [-0.2, -0.15) is 0 Å². The van der Waals surface area contributed by atoms with E-state index < -0.39 is 0 Å². The summed E-state index contributed by atoms with van der Waals surface area (Å²) in [6, 6.07) is 88.6. The van der Waals surface area contributed by atoms with E-state index in [1.807, 2.05) is 0 Å². The van der Waals surface area contributed by atoms with Crippen LogP contribution in [0, 0.1) is 0 Å². The van der Waals surface area contributed by atoms with Gasteiger partial charge in [0.25, 0.3) is 0 Å². The third-order valence-corrected chi connectivity index (χ3v) is 13.6. The van der Waals surface area contributed by atoms with E-state index in [-0.39, 0.29) is 5.41 Å². The van der Waals surface area contributed by atoms with Gasteiger partial charge in [0, 0.05) is 38.7 Å². The summed E-state index contributed by atoms with van der Waals surface area (Å²) >= 11 is 0. The van der Waals surface area contributed by atoms with Crippen LogP contribution in [0.15, 0.2) is 243 Å². The van der Waals surface area contributed by atoms with Crippen molar-refractivity contribution in [1.29, 1.82) is 0 Å². The van der Waals surface area contributed by atoms with Crippen LogP contribution in [0.4, 0.5) is 17.1 Å². The second-order valence-corrected chi connectivity index (χ2v) is 17.7. The van der Waals surface area contributed by atoms with E-state index in [1.54, 1.807) is 0 Å². The number of benzene rings is 10. The summed E-state index contributed by atoms with van der Waals surface area (Å²) in [6.07, 6.45) is 0. The Bertz CT molecular complexity index is 3490. The van der Waals surface area contributed by atoms with Crippen LogP contribution in [0.3, 0.4) is 0 Å². The minimum absolute atomic E-state index is 0.0954. The average molecular weight is 831 g/mol. The fraction of sp³-hybridized carbons (Fsp3) is 0.0476. The summed E-state index contributed by atoms with van der Waals surface area (Å²) in [4.78, 5) is 2.40. The molecule has 0 N–H and O–H groups in total. The van der Waals surface area contributed by atoms with Gasteiger partial charge in [0.2, 0.25) is 0 Å². The van der Waals surface area contributed by atoms with Crippen molar-refractivity contribution in [3.05, 3.63) is 254 Å². The van der Waals surface area contributed by atoms with Crippen LogP contribution >= 0.6 is 0 Å². The van der Waals surface area contributed by atoms with Crippen molar-refractivity contribution in [2.75, 3.05) is 4.90 Å². The first kappa shape index (κ1) is 38.5. The van der Waals surface area contributed by atoms with Crippen molar-refractivity contribution < 1.29 is 0 Å². The number of nitrogens with zero attached hydrogens (tertiary/aromatic N) is 2. The third kappa shape index (κ3) is 6.40. The van der Waals surface area contributed by atoms with Crippen molar-refractivity contribution in [2.45, 2.75) is 19.3 Å². The average Bonchev–Trinajstić information content (AvgIpc) is 3.83. The molecule has 0 fully saturated rings. The van der Waals surface area contributed by atoms with Crippen LogP contribution in [0.5, 0.6) is 0 Å². The molecule has 1 aliphatic rings. The minimum atomic E-state index is -0.0954. The lowest BCUT2D eigenvalue weighted by Gasteiger charge is -2.28. The fourth-order valence-corrected chi connectivity index (χ4v) is 10.6. The Morgan fingerprint density at radius 2 is 0.769 bits per heavy atom. The normalized spacial score (nSPS) is 12.6. The highest BCUT2D eigenvalue weighted by Gasteiger charge is 2.37. The number of anilines is 3. The van der Waals surface area contributed by atoms with Crippen molar-refractivity contribution >= 4 is 38.9 Å². The van der Waals surface area contributed by atoms with Gasteiger partial charge < -0.3 is 9.47 Å². The van der Waals surface area contributed by atoms with E-state index in [1.165, 1.54) is 94.3 Å². The molecular weight excluding hydrogens is 785 g/mol. The van der Waals surface area contributed by atoms with Crippen molar-refractivity contribution in [3.63, 3.8) is 0 Å². The zero-order chi connectivity index (χ0) is 43.5. The molecule has 0 saturated heterocycles. The Balaban J connectivity index is 0.905. The summed E-state index contributed by atoms with van der Waals surface area (Å²) in [7, 11) is 0. The summed E-state index contributed by atoms with van der Waals surface area (Å²) in [5.41, 5.74) is 21.9. The second-order valence-electron chi connectivity index (χ2n) is 17.7. The maximum absolute atomic E-state index is 2.41. The molecule has 2 nitrogen and oxygen atoms in total. The van der Waals surface area contributed by atoms with Crippen LogP contribution in [-0.4, -0.2) is 4.57 Å². The molecule has 0 bridgehead atoms. The first-order valence-electron chi connectivity index (χ1n) is 22.6. The van der Waals surface area contributed by atoms with Crippen LogP contribution in [0.25, 0.3) is 83.1 Å². The Kier molecular flexibility index (Phi) is 9.21. The molecule has 2 heteroatoms. The summed E-state index contributed by atoms with van der Waals surface area (Å²) < 4.78 is 2.41. The molecule has 0 radical (unpaired) electrons. The van der Waals surface area contributed by atoms with E-state index >= 15 is 0 Å². The number of hydrogen-bond donors (Lipinski definition) is 0. The van der Waals surface area contributed by atoms with Gasteiger partial charge in [-0.3, -0.25) is 0 Å². The van der Waals surface area contributed by atoms with E-state index in [0.717, 1.165) is 17.1 Å². The molecule has 65 heavy (non-hydrogen) atoms. The number of hydrogen-bond acceptors (Lipinski definition) is 1. The molecule has 1 aromatic heterocycles. The minimum Gasteiger partial charge on any atom is -0.310 e. The molecule has 0 spiro atoms. The topological polar surface area (TPSA) is 8.17 Å². The van der Waals surface area contributed by atoms with Gasteiger partial charge in [-0.05, 0) is 104 Å². The zero-order valence-corrected chi connectivity index (χ0v) is 36.5. The number of fused-ring (bicyclic) bond motifs is 6. The van der Waals surface area contributed by atoms with Crippen molar-refractivity contribution in [2.24, 2.45) is 0 Å². The van der Waals surface area contributed by atoms with E-state index in [2.05, 4.69) is 266 Å². The maximum Gasteiger partial charge on any atom is 0.0541 e. The number of para-hydroxylation sites is 4. The smallest absolute Gasteiger partial charge is 0.0541 e. The SMILES string of the molecule is CC1(C)c2ccccc2-c2cccc(-c3ccc(N(c4ccc(-c5ccc(-c6ccccc6-n6c7ccccc7c7ccccc76)cc5)cc4)c4ccccc4-c4ccccc4)cc3)c21. The largest absolute Gasteiger partial charge is 0.310 e. The molecule has 12 rings (SSSR count). The van der Waals surface area contributed by atoms with Gasteiger partial charge in [-0.25, -0.2) is 0 Å². The molecule has 11 aromatic rings. The van der Waals surface area contributed by atoms with Crippen molar-refractivity contribution in [3.8, 4) is 61.3 Å². The molecule has 10 aromatic carbocycles. The van der Waals surface area contributed by atoms with E-state index in [9.17, 15) is 0 Å². The van der Waals surface area contributed by atoms with E-state index in [4.69, 9.17) is 0 Å². The summed E-state index contributed by atoms with van der Waals surface area (Å²) in [5, 5.41) is 2.53. The highest BCUT2D eigenvalue weighted by atomic mass is 15.1. The highest BCUT2D eigenvalue weighted by Crippen LogP contribution is 2.52. The van der Waals surface area contributed by atoms with Crippen LogP contribution in [0.2, 0.25) is 0 Å². The molecule has 0 saturated carbocycles. The van der Waals surface area contributed by atoms with Gasteiger partial charge in [0.15, 0.2) is 0 Å². The lowest BCUT2D eigenvalue weighted by atomic mass is 9.79. The fourth-order valence-electron chi connectivity index (χ4n) is 10.6. The Hall–Kier alpha value is -8.20. The lowest BCUT2D eigenvalue weighted by molar-refractivity contribution is 0.662. The molecular formula is C63H46N2. The molecule has 0 amide bonds. The maximum atomic E-state index is 2.41. The molecule has 0 aliphatic heterocycles. The third-order valence-electron chi connectivity index (χ3n) is 13.6. The second kappa shape index (κ2) is 15.6. The summed E-state index contributed by atoms with van der Waals surface area (Å²) in [6.45, 7) is 4.73. The van der Waals surface area contributed by atoms with Crippen LogP contribution < -0.4 is 4.90 Å². The number of aromatic nitrogens is 1. The lowest BCUT2D eigenvalue weighted by Crippen LogP contribution is -2.16. The molecule has 1 aliphatic carbocycles. The monoisotopic (exact) mass is 830 g/mol. The molecule has 308 valence electrons. The Labute approximate surface area is 381 Å². The standard InChI is InChI=1S/C63H46N2/c1-63(2)57-26-11-6-21-53(57)56-25-16-24-52(62(56)63)47-37-41-49(42-38-47)64(58-27-12-7-19-50(58)45-17-4-3-5-18-45)48-39-35-44(36-40-48)43-31-33-46(34-32-43)51-20-8-13-28-59(51)65-60-29-14-9-22-54(60)55-23-10-15-30-61(55)65/h3-42H,1-2H3. The highest BCUT2D eigenvalue weighted by molar-refractivity contribution is 6.09. The predicted molar refractivity (Wildman–Crippen MR) is 275 cm³/mol. The number of rotatable bonds is 8. The van der Waals surface area contributed by atoms with E-state index in [0.29, 0.717) is 0 Å². The van der Waals surface area contributed by atoms with Gasteiger partial charge >= 0.3 is 0 Å². The van der Waals surface area contributed by atoms with Crippen LogP contribution in [0.1, 0.15) is 25.0 Å². The first-order chi connectivity index (χ1) is 32.0. The first-order valence-corrected chi connectivity index (χ1v) is 22.6. The van der Waals surface area contributed by atoms with Gasteiger partial charge in [-0.15, -0.1) is 0 Å². The van der Waals surface area contributed by atoms with Crippen molar-refractivity contribution in [1.82, 2.24) is 4.57 Å². The summed E-state index contributed by atoms with van der Waals surface area (Å²) in [5.74, 6) is 0. The molecule has 1 heterocycles. The predicted octanol–water partition coefficient (Wildman–Crippen LogP) is 17.2. The van der Waals surface area contributed by atoms with Crippen LogP contribution in [-0.2, 0) is 5.41 Å². The molecule has 0 atom stereocenters. The van der Waals surface area contributed by atoms with Gasteiger partial charge in [0.05, 0.1) is 22.4 Å². The zero-order valence-electron chi connectivity index (χ0n) is 36.5. The molecule has 0 unspecified atom stereocenters. The Morgan fingerprint density at radius 1 is 0.323 bits per heavy atom. The Morgan fingerprint density at radius 3 is 1.45 bits per heavy atom. The van der Waals surface area contributed by atoms with Gasteiger partial charge in [0.1, 0.15) is 0 Å². The quantitative estimate of drug-likeness (QED) is 0.148. The van der Waals surface area contributed by atoms with Gasteiger partial charge in [-0.1, -0.05) is 208 Å².